The van der Waals surface area contributed by atoms with E-state index in [1.54, 1.807) is 91.2 Å². The summed E-state index contributed by atoms with van der Waals surface area (Å²) in [7, 11) is 0. The van der Waals surface area contributed by atoms with E-state index < -0.39 is 46.6 Å². The van der Waals surface area contributed by atoms with Crippen LogP contribution in [0.4, 0.5) is 14.4 Å². The monoisotopic (exact) mass is 738 g/mol. The zero-order valence-corrected chi connectivity index (χ0v) is 32.7. The number of aromatic hydroxyl groups is 1. The van der Waals surface area contributed by atoms with Gasteiger partial charge in [-0.3, -0.25) is 4.99 Å². The van der Waals surface area contributed by atoms with Crippen LogP contribution >= 0.6 is 11.8 Å². The fraction of sp³-hybridized carbons (Fsp3) is 0.694. The van der Waals surface area contributed by atoms with Crippen LogP contribution in [0.5, 0.6) is 11.5 Å². The largest absolute Gasteiger partial charge is 0.507 e. The lowest BCUT2D eigenvalue weighted by molar-refractivity contribution is -0.141. The molecule has 1 atom stereocenters. The van der Waals surface area contributed by atoms with Gasteiger partial charge in [0.05, 0.1) is 6.61 Å². The smallest absolute Gasteiger partial charge is 0.410 e. The van der Waals surface area contributed by atoms with Crippen LogP contribution in [0.15, 0.2) is 23.2 Å². The number of alkyl carbamates (subject to hydrolysis) is 1. The van der Waals surface area contributed by atoms with Gasteiger partial charge in [0.2, 0.25) is 0 Å². The van der Waals surface area contributed by atoms with E-state index in [4.69, 9.17) is 18.9 Å². The summed E-state index contributed by atoms with van der Waals surface area (Å²) in [5, 5.41) is 23.2. The first-order valence-electron chi connectivity index (χ1n) is 17.3. The van der Waals surface area contributed by atoms with Gasteiger partial charge in [0, 0.05) is 50.1 Å². The number of carbonyl (C=O) groups excluding carboxylic acids is 3. The number of benzene rings is 1. The lowest BCUT2D eigenvalue weighted by atomic mass is 10.1. The van der Waals surface area contributed by atoms with Gasteiger partial charge < -0.3 is 44.3 Å². The molecular weight excluding hydrogens is 680 g/mol. The van der Waals surface area contributed by atoms with Gasteiger partial charge in [0.25, 0.3) is 0 Å². The fourth-order valence-corrected chi connectivity index (χ4v) is 5.79. The maximum atomic E-state index is 13.1. The molecule has 1 aliphatic heterocycles. The number of hydrogen-bond acceptors (Lipinski definition) is 11. The van der Waals surface area contributed by atoms with Crippen molar-refractivity contribution in [2.24, 2.45) is 4.99 Å². The van der Waals surface area contributed by atoms with Gasteiger partial charge in [-0.1, -0.05) is 0 Å². The van der Waals surface area contributed by atoms with Crippen molar-refractivity contribution < 1.29 is 48.3 Å². The van der Waals surface area contributed by atoms with E-state index in [0.717, 1.165) is 0 Å². The van der Waals surface area contributed by atoms with E-state index in [2.05, 4.69) is 10.3 Å². The third-order valence-corrected chi connectivity index (χ3v) is 8.31. The zero-order valence-electron chi connectivity index (χ0n) is 31.9. The Labute approximate surface area is 306 Å². The quantitative estimate of drug-likeness (QED) is 0.122. The Bertz CT molecular complexity index is 1380. The van der Waals surface area contributed by atoms with Gasteiger partial charge in [0.15, 0.2) is 5.54 Å². The Morgan fingerprint density at radius 1 is 0.824 bits per heavy atom. The highest BCUT2D eigenvalue weighted by molar-refractivity contribution is 8.14. The van der Waals surface area contributed by atoms with Gasteiger partial charge >= 0.3 is 24.2 Å². The zero-order chi connectivity index (χ0) is 38.6. The number of phenols is 1. The summed E-state index contributed by atoms with van der Waals surface area (Å²) >= 11 is 1.28. The van der Waals surface area contributed by atoms with Gasteiger partial charge in [-0.15, -0.1) is 11.8 Å². The number of carboxylic acids is 1. The van der Waals surface area contributed by atoms with Crippen LogP contribution in [0.2, 0.25) is 0 Å². The lowest BCUT2D eigenvalue weighted by Gasteiger charge is -2.30. The second-order valence-corrected chi connectivity index (χ2v) is 16.6. The molecule has 1 aromatic rings. The Kier molecular flexibility index (Phi) is 15.8. The first-order valence-corrected chi connectivity index (χ1v) is 18.3. The van der Waals surface area contributed by atoms with E-state index in [1.807, 2.05) is 0 Å². The number of hydrogen-bond donors (Lipinski definition) is 3. The molecule has 288 valence electrons. The summed E-state index contributed by atoms with van der Waals surface area (Å²) in [6.45, 7) is 19.7. The number of carboxylic acid groups (broad SMARTS) is 1. The third kappa shape index (κ3) is 16.3. The summed E-state index contributed by atoms with van der Waals surface area (Å²) in [4.78, 5) is 57.2. The lowest BCUT2D eigenvalue weighted by Crippen LogP contribution is -2.42. The van der Waals surface area contributed by atoms with Crippen LogP contribution in [0.25, 0.3) is 0 Å². The summed E-state index contributed by atoms with van der Waals surface area (Å²) < 4.78 is 22.4. The summed E-state index contributed by atoms with van der Waals surface area (Å²) in [6.07, 6.45) is 0.699. The number of rotatable bonds is 16. The first kappa shape index (κ1) is 43.3. The number of phenolic OH excluding ortho intramolecular Hbond substituents is 1. The van der Waals surface area contributed by atoms with Gasteiger partial charge in [-0.05, 0) is 107 Å². The Morgan fingerprint density at radius 3 is 1.84 bits per heavy atom. The van der Waals surface area contributed by atoms with E-state index in [1.165, 1.54) is 17.8 Å². The van der Waals surface area contributed by atoms with Crippen molar-refractivity contribution in [3.63, 3.8) is 0 Å². The van der Waals surface area contributed by atoms with Crippen molar-refractivity contribution in [3.05, 3.63) is 23.8 Å². The van der Waals surface area contributed by atoms with Crippen LogP contribution < -0.4 is 10.1 Å². The predicted molar refractivity (Wildman–Crippen MR) is 197 cm³/mol. The SMILES string of the molecule is CC(C)(C)OC(=O)NCCCN(CCCN(CCCCOc1ccc(C2=N[C@@](C)(C(=O)O)CS2)c(O)c1)C(=O)OC(C)(C)C)C(=O)OC(C)(C)C. The molecule has 15 heteroatoms. The number of aliphatic carboxylic acids is 1. The van der Waals surface area contributed by atoms with Crippen LogP contribution in [0.1, 0.15) is 100 Å². The predicted octanol–water partition coefficient (Wildman–Crippen LogP) is 6.67. The standard InChI is InChI=1S/C36H58N4O10S/c1-33(2,3)48-30(44)37-17-13-19-40(32(46)50-35(7,8)9)21-14-20-39(31(45)49-34(4,5)6)18-11-12-22-47-25-15-16-26(27(41)23-25)28-38-36(10,24-51-28)29(42)43/h15-16,23,41H,11-14,17-22,24H2,1-10H3,(H,37,44)(H,42,43)/t36-/m1/s1. The topological polar surface area (TPSA) is 177 Å². The number of carbonyl (C=O) groups is 4. The number of nitrogens with zero attached hydrogens (tertiary/aromatic N) is 3. The minimum absolute atomic E-state index is 0.0516. The third-order valence-electron chi connectivity index (χ3n) is 7.02. The molecule has 0 aliphatic carbocycles. The van der Waals surface area contributed by atoms with Gasteiger partial charge in [-0.25, -0.2) is 19.2 Å². The van der Waals surface area contributed by atoms with E-state index in [9.17, 15) is 29.4 Å². The minimum atomic E-state index is -1.23. The molecule has 0 fully saturated rings. The van der Waals surface area contributed by atoms with Crippen LogP contribution in [0, 0.1) is 0 Å². The second-order valence-electron chi connectivity index (χ2n) is 15.6. The van der Waals surface area contributed by atoms with Crippen molar-refractivity contribution in [1.82, 2.24) is 15.1 Å². The molecule has 1 heterocycles. The van der Waals surface area contributed by atoms with Crippen molar-refractivity contribution in [1.29, 1.82) is 0 Å². The molecule has 3 N–H and O–H groups in total. The maximum Gasteiger partial charge on any atom is 0.410 e. The second kappa shape index (κ2) is 18.6. The molecule has 0 aromatic heterocycles. The van der Waals surface area contributed by atoms with Gasteiger partial charge in [0.1, 0.15) is 33.3 Å². The molecule has 51 heavy (non-hydrogen) atoms. The normalized spacial score (nSPS) is 16.2. The first-order chi connectivity index (χ1) is 23.5. The maximum absolute atomic E-state index is 13.1. The van der Waals surface area contributed by atoms with Crippen molar-refractivity contribution in [2.75, 3.05) is 45.1 Å². The molecule has 14 nitrogen and oxygen atoms in total. The molecule has 0 bridgehead atoms. The average molecular weight is 739 g/mol. The molecule has 1 aromatic carbocycles. The molecule has 2 rings (SSSR count). The Balaban J connectivity index is 1.94. The van der Waals surface area contributed by atoms with Crippen LogP contribution in [-0.2, 0) is 19.0 Å². The number of thioether (sulfide) groups is 1. The molecule has 0 saturated heterocycles. The number of nitrogens with one attached hydrogen (secondary N) is 1. The molecule has 1 aliphatic rings. The van der Waals surface area contributed by atoms with Crippen LogP contribution in [-0.4, -0.2) is 117 Å². The summed E-state index contributed by atoms with van der Waals surface area (Å²) in [5.74, 6) is -0.330. The summed E-state index contributed by atoms with van der Waals surface area (Å²) in [6, 6.07) is 4.84. The number of ether oxygens (including phenoxy) is 4. The highest BCUT2D eigenvalue weighted by atomic mass is 32.2. The van der Waals surface area contributed by atoms with E-state index in [-0.39, 0.29) is 11.5 Å². The highest BCUT2D eigenvalue weighted by Crippen LogP contribution is 2.35. The average Bonchev–Trinajstić information content (AvgIpc) is 3.37. The number of amides is 3. The summed E-state index contributed by atoms with van der Waals surface area (Å²) in [5.41, 5.74) is -2.77. The molecule has 0 unspecified atom stereocenters. The Morgan fingerprint density at radius 2 is 1.35 bits per heavy atom. The number of unbranched alkanes of at least 4 members (excludes halogenated alkanes) is 1. The minimum Gasteiger partial charge on any atom is -0.507 e. The van der Waals surface area contributed by atoms with Gasteiger partial charge in [-0.2, -0.15) is 0 Å². The van der Waals surface area contributed by atoms with Crippen LogP contribution in [0.3, 0.4) is 0 Å². The van der Waals surface area contributed by atoms with E-state index in [0.29, 0.717) is 81.4 Å². The van der Waals surface area contributed by atoms with E-state index >= 15 is 0 Å². The Hall–Kier alpha value is -3.88. The highest BCUT2D eigenvalue weighted by Gasteiger charge is 2.39. The fourth-order valence-electron chi connectivity index (χ4n) is 4.59. The molecule has 0 radical (unpaired) electrons. The van der Waals surface area contributed by atoms with Crippen molar-refractivity contribution >= 4 is 41.1 Å². The molecule has 0 spiro atoms. The number of aliphatic imine (C=N–C) groups is 1. The molecular formula is C36H58N4O10S. The van der Waals surface area contributed by atoms with Crippen molar-refractivity contribution in [2.45, 2.75) is 117 Å². The molecule has 0 saturated carbocycles. The molecule has 3 amide bonds. The van der Waals surface area contributed by atoms with Crippen molar-refractivity contribution in [3.8, 4) is 11.5 Å².